The van der Waals surface area contributed by atoms with Gasteiger partial charge in [-0.25, -0.2) is 9.18 Å². The molecule has 5 aromatic rings. The van der Waals surface area contributed by atoms with Crippen LogP contribution in [0.4, 0.5) is 14.9 Å². The third kappa shape index (κ3) is 4.60. The fraction of sp³-hybridized carbons (Fsp3) is 0.0435. The van der Waals surface area contributed by atoms with Gasteiger partial charge in [0, 0.05) is 15.4 Å². The lowest BCUT2D eigenvalue weighted by molar-refractivity contribution is 0.147. The molecule has 0 saturated carbocycles. The zero-order valence-corrected chi connectivity index (χ0v) is 18.5. The quantitative estimate of drug-likeness (QED) is 0.305. The molecule has 2 aromatic heterocycles. The van der Waals surface area contributed by atoms with Gasteiger partial charge in [-0.05, 0) is 64.9 Å². The summed E-state index contributed by atoms with van der Waals surface area (Å²) in [5, 5.41) is 17.4. The summed E-state index contributed by atoms with van der Waals surface area (Å²) in [6, 6.07) is 19.0. The second-order valence-corrected chi connectivity index (χ2v) is 8.01. The molecule has 0 saturated heterocycles. The first-order valence-electron chi connectivity index (χ1n) is 9.81. The zero-order chi connectivity index (χ0) is 22.8. The van der Waals surface area contributed by atoms with E-state index in [0.29, 0.717) is 28.4 Å². The molecule has 0 aliphatic heterocycles. The van der Waals surface area contributed by atoms with Gasteiger partial charge in [0.2, 0.25) is 5.82 Å². The van der Waals surface area contributed by atoms with Gasteiger partial charge in [-0.1, -0.05) is 34.1 Å². The summed E-state index contributed by atoms with van der Waals surface area (Å²) in [5.74, 6) is 0.542. The van der Waals surface area contributed by atoms with Crippen molar-refractivity contribution in [3.63, 3.8) is 0 Å². The number of halogens is 2. The smallest absolute Gasteiger partial charge is 0.412 e. The minimum Gasteiger partial charge on any atom is -0.457 e. The minimum atomic E-state index is -0.658. The summed E-state index contributed by atoms with van der Waals surface area (Å²) in [6.07, 6.45) is -0.658. The average molecular weight is 508 g/mol. The van der Waals surface area contributed by atoms with E-state index in [0.717, 1.165) is 21.0 Å². The Bertz CT molecular complexity index is 1430. The number of benzene rings is 3. The molecule has 0 fully saturated rings. The van der Waals surface area contributed by atoms with Crippen molar-refractivity contribution in [2.45, 2.75) is 6.61 Å². The van der Waals surface area contributed by atoms with Gasteiger partial charge in [0.15, 0.2) is 6.61 Å². The Morgan fingerprint density at radius 2 is 1.88 bits per heavy atom. The molecule has 0 aliphatic carbocycles. The van der Waals surface area contributed by atoms with Crippen LogP contribution in [-0.4, -0.2) is 26.7 Å². The lowest BCUT2D eigenvalue weighted by atomic mass is 10.0. The van der Waals surface area contributed by atoms with E-state index in [4.69, 9.17) is 9.15 Å². The Balaban J connectivity index is 1.28. The van der Waals surface area contributed by atoms with Crippen molar-refractivity contribution in [1.82, 2.24) is 20.6 Å². The second kappa shape index (κ2) is 8.83. The molecule has 2 N–H and O–H groups in total. The molecule has 3 aromatic carbocycles. The largest absolute Gasteiger partial charge is 0.457 e. The van der Waals surface area contributed by atoms with Crippen molar-refractivity contribution in [3.05, 3.63) is 82.8 Å². The Morgan fingerprint density at radius 3 is 2.67 bits per heavy atom. The number of ether oxygens (including phenoxy) is 1. The number of anilines is 1. The van der Waals surface area contributed by atoms with Crippen LogP contribution in [0.1, 0.15) is 5.76 Å². The maximum Gasteiger partial charge on any atom is 0.412 e. The number of rotatable bonds is 5. The van der Waals surface area contributed by atoms with E-state index in [2.05, 4.69) is 41.9 Å². The van der Waals surface area contributed by atoms with E-state index < -0.39 is 6.09 Å². The Labute approximate surface area is 194 Å². The van der Waals surface area contributed by atoms with Crippen LogP contribution in [0.3, 0.4) is 0 Å². The van der Waals surface area contributed by atoms with Gasteiger partial charge in [0.25, 0.3) is 0 Å². The normalized spacial score (nSPS) is 11.0. The second-order valence-electron chi connectivity index (χ2n) is 7.10. The third-order valence-corrected chi connectivity index (χ3v) is 5.39. The zero-order valence-electron chi connectivity index (χ0n) is 16.9. The van der Waals surface area contributed by atoms with Crippen molar-refractivity contribution in [2.24, 2.45) is 0 Å². The van der Waals surface area contributed by atoms with Gasteiger partial charge in [0.1, 0.15) is 17.2 Å². The maximum atomic E-state index is 13.2. The van der Waals surface area contributed by atoms with E-state index in [1.165, 1.54) is 12.1 Å². The third-order valence-electron chi connectivity index (χ3n) is 4.89. The van der Waals surface area contributed by atoms with E-state index in [1.807, 2.05) is 18.2 Å². The topological polar surface area (TPSA) is 106 Å². The molecule has 0 radical (unpaired) electrons. The van der Waals surface area contributed by atoms with Crippen LogP contribution in [-0.2, 0) is 11.3 Å². The lowest BCUT2D eigenvalue weighted by Gasteiger charge is -2.09. The predicted molar refractivity (Wildman–Crippen MR) is 123 cm³/mol. The molecule has 2 heterocycles. The van der Waals surface area contributed by atoms with Crippen LogP contribution in [0, 0.1) is 5.82 Å². The van der Waals surface area contributed by atoms with Gasteiger partial charge >= 0.3 is 6.09 Å². The van der Waals surface area contributed by atoms with Crippen molar-refractivity contribution in [1.29, 1.82) is 0 Å². The first-order valence-corrected chi connectivity index (χ1v) is 10.6. The molecule has 0 spiro atoms. The molecule has 10 heteroatoms. The molecular formula is C23H15BrFN5O3. The van der Waals surface area contributed by atoms with Crippen LogP contribution in [0.5, 0.6) is 0 Å². The highest BCUT2D eigenvalue weighted by Gasteiger charge is 2.14. The maximum absolute atomic E-state index is 13.2. The molecule has 0 bridgehead atoms. The number of H-pyrrole nitrogens is 1. The molecule has 0 unspecified atom stereocenters. The number of carbonyl (C=O) groups is 1. The fourth-order valence-corrected chi connectivity index (χ4v) is 3.72. The van der Waals surface area contributed by atoms with Crippen LogP contribution in [0.15, 0.2) is 75.6 Å². The first-order chi connectivity index (χ1) is 16.0. The van der Waals surface area contributed by atoms with Crippen molar-refractivity contribution in [2.75, 3.05) is 5.32 Å². The minimum absolute atomic E-state index is 0.0551. The fourth-order valence-electron chi connectivity index (χ4n) is 3.36. The van der Waals surface area contributed by atoms with Gasteiger partial charge < -0.3 is 9.15 Å². The number of aromatic amines is 1. The molecule has 8 nitrogen and oxygen atoms in total. The highest BCUT2D eigenvalue weighted by molar-refractivity contribution is 9.10. The predicted octanol–water partition coefficient (Wildman–Crippen LogP) is 5.93. The van der Waals surface area contributed by atoms with E-state index >= 15 is 0 Å². The van der Waals surface area contributed by atoms with Gasteiger partial charge in [0.05, 0.1) is 5.69 Å². The van der Waals surface area contributed by atoms with E-state index in [9.17, 15) is 9.18 Å². The Kier molecular flexibility index (Phi) is 5.57. The Hall–Kier alpha value is -4.05. The molecule has 33 heavy (non-hydrogen) atoms. The summed E-state index contributed by atoms with van der Waals surface area (Å²) >= 11 is 3.39. The molecule has 0 atom stereocenters. The van der Waals surface area contributed by atoms with Gasteiger partial charge in [-0.2, -0.15) is 5.21 Å². The number of carbonyl (C=O) groups excluding carboxylic acids is 1. The summed E-state index contributed by atoms with van der Waals surface area (Å²) in [6.45, 7) is -0.0551. The first kappa shape index (κ1) is 20.8. The van der Waals surface area contributed by atoms with Crippen molar-refractivity contribution < 1.29 is 18.3 Å². The van der Waals surface area contributed by atoms with Crippen molar-refractivity contribution >= 4 is 38.7 Å². The number of tetrazole rings is 1. The number of furan rings is 1. The number of hydrogen-bond acceptors (Lipinski definition) is 6. The molecule has 5 rings (SSSR count). The van der Waals surface area contributed by atoms with Crippen LogP contribution in [0.25, 0.3) is 33.5 Å². The number of nitrogens with zero attached hydrogens (tertiary/aromatic N) is 3. The molecule has 1 amide bonds. The van der Waals surface area contributed by atoms with Crippen molar-refractivity contribution in [3.8, 4) is 22.5 Å². The number of fused-ring (bicyclic) bond motifs is 1. The summed E-state index contributed by atoms with van der Waals surface area (Å²) in [5.41, 5.74) is 3.53. The lowest BCUT2D eigenvalue weighted by Crippen LogP contribution is -2.14. The Morgan fingerprint density at radius 1 is 1.06 bits per heavy atom. The van der Waals surface area contributed by atoms with Crippen LogP contribution in [0.2, 0.25) is 0 Å². The SMILES string of the molecule is O=C(Nc1ccc(Br)cc1-c1nn[nH]n1)OCc1cc2cc(-c3ccc(F)cc3)ccc2o1. The number of nitrogens with one attached hydrogen (secondary N) is 2. The van der Waals surface area contributed by atoms with E-state index in [1.54, 1.807) is 36.4 Å². The molecule has 0 aliphatic rings. The highest BCUT2D eigenvalue weighted by Crippen LogP contribution is 2.29. The summed E-state index contributed by atoms with van der Waals surface area (Å²) in [4.78, 5) is 12.4. The average Bonchev–Trinajstić information content (AvgIpc) is 3.49. The van der Waals surface area contributed by atoms with E-state index in [-0.39, 0.29) is 12.4 Å². The van der Waals surface area contributed by atoms with Gasteiger partial charge in [-0.15, -0.1) is 10.2 Å². The number of amides is 1. The van der Waals surface area contributed by atoms with Gasteiger partial charge in [-0.3, -0.25) is 5.32 Å². The number of hydrogen-bond donors (Lipinski definition) is 2. The van der Waals surface area contributed by atoms with Crippen LogP contribution >= 0.6 is 15.9 Å². The number of aromatic nitrogens is 4. The molecular weight excluding hydrogens is 493 g/mol. The standard InChI is InChI=1S/C23H15BrFN5O3/c24-16-4-7-20(19(11-16)22-27-29-30-28-22)26-23(31)32-12-18-10-15-9-14(3-8-21(15)33-18)13-1-5-17(25)6-2-13/h1-11H,12H2,(H,26,31)(H,27,28,29,30). The molecule has 164 valence electrons. The monoisotopic (exact) mass is 507 g/mol. The summed E-state index contributed by atoms with van der Waals surface area (Å²) in [7, 11) is 0. The van der Waals surface area contributed by atoms with Crippen LogP contribution < -0.4 is 5.32 Å². The summed E-state index contributed by atoms with van der Waals surface area (Å²) < 4.78 is 25.1. The highest BCUT2D eigenvalue weighted by atomic mass is 79.9.